The lowest BCUT2D eigenvalue weighted by molar-refractivity contribution is -0.192. The molecule has 0 radical (unpaired) electrons. The number of aromatic nitrogens is 3. The Labute approximate surface area is 206 Å². The Morgan fingerprint density at radius 1 is 1.08 bits per heavy atom. The van der Waals surface area contributed by atoms with E-state index in [-0.39, 0.29) is 11.1 Å². The minimum atomic E-state index is -5.08. The van der Waals surface area contributed by atoms with E-state index in [0.29, 0.717) is 17.5 Å². The van der Waals surface area contributed by atoms with E-state index in [9.17, 15) is 22.4 Å². The van der Waals surface area contributed by atoms with Gasteiger partial charge in [-0.1, -0.05) is 0 Å². The molecular formula is C23H21F4N5O5. The van der Waals surface area contributed by atoms with Gasteiger partial charge in [0.15, 0.2) is 11.4 Å². The lowest BCUT2D eigenvalue weighted by atomic mass is 10.1. The number of oxazole rings is 1. The van der Waals surface area contributed by atoms with Crippen molar-refractivity contribution in [3.05, 3.63) is 63.5 Å². The summed E-state index contributed by atoms with van der Waals surface area (Å²) in [7, 11) is 1.62. The fraction of sp³-hybridized carbons (Fsp3) is 0.217. The topological polar surface area (TPSA) is 142 Å². The number of fused-ring (bicyclic) bond motifs is 1. The van der Waals surface area contributed by atoms with Gasteiger partial charge in [0.1, 0.15) is 11.6 Å². The number of ether oxygens (including phenoxy) is 1. The number of carboxylic acids is 1. The van der Waals surface area contributed by atoms with Gasteiger partial charge < -0.3 is 24.9 Å². The molecule has 0 amide bonds. The van der Waals surface area contributed by atoms with E-state index in [1.54, 1.807) is 19.4 Å². The second-order valence-corrected chi connectivity index (χ2v) is 7.75. The summed E-state index contributed by atoms with van der Waals surface area (Å²) in [5.74, 6) is -2.50. The number of methoxy groups -OCH3 is 1. The molecule has 0 aliphatic rings. The van der Waals surface area contributed by atoms with Crippen molar-refractivity contribution in [1.29, 1.82) is 0 Å². The van der Waals surface area contributed by atoms with E-state index in [4.69, 9.17) is 19.1 Å². The maximum atomic E-state index is 14.2. The van der Waals surface area contributed by atoms with Crippen LogP contribution < -0.4 is 21.1 Å². The highest BCUT2D eigenvalue weighted by Crippen LogP contribution is 2.29. The lowest BCUT2D eigenvalue weighted by Gasteiger charge is -2.14. The van der Waals surface area contributed by atoms with Crippen molar-refractivity contribution in [2.24, 2.45) is 0 Å². The maximum Gasteiger partial charge on any atom is 0.490 e. The molecule has 4 rings (SSSR count). The number of carbonyl (C=O) groups is 1. The molecule has 4 aromatic rings. The summed E-state index contributed by atoms with van der Waals surface area (Å²) in [6, 6.07) is 6.66. The molecule has 2 aromatic heterocycles. The van der Waals surface area contributed by atoms with E-state index >= 15 is 0 Å². The summed E-state index contributed by atoms with van der Waals surface area (Å²) in [4.78, 5) is 31.5. The number of nitrogens with zero attached hydrogens (tertiary/aromatic N) is 2. The quantitative estimate of drug-likeness (QED) is 0.263. The third kappa shape index (κ3) is 6.54. The lowest BCUT2D eigenvalue weighted by Crippen LogP contribution is -2.21. The first-order valence-electron chi connectivity index (χ1n) is 10.4. The van der Waals surface area contributed by atoms with Crippen LogP contribution in [0.4, 0.5) is 40.7 Å². The Morgan fingerprint density at radius 2 is 1.73 bits per heavy atom. The fourth-order valence-electron chi connectivity index (χ4n) is 3.10. The first kappa shape index (κ1) is 27.0. The molecule has 0 aliphatic carbocycles. The highest BCUT2D eigenvalue weighted by atomic mass is 19.4. The Kier molecular flexibility index (Phi) is 7.70. The highest BCUT2D eigenvalue weighted by molar-refractivity contribution is 5.79. The molecular weight excluding hydrogens is 502 g/mol. The first-order chi connectivity index (χ1) is 17.3. The molecule has 0 spiro atoms. The molecule has 0 saturated carbocycles. The van der Waals surface area contributed by atoms with Crippen LogP contribution in [-0.4, -0.2) is 39.3 Å². The number of aromatic amines is 1. The minimum absolute atomic E-state index is 0.115. The van der Waals surface area contributed by atoms with E-state index in [1.807, 2.05) is 32.9 Å². The number of aryl methyl sites for hydroxylation is 2. The van der Waals surface area contributed by atoms with Crippen LogP contribution >= 0.6 is 0 Å². The molecule has 0 aliphatic heterocycles. The molecule has 2 heterocycles. The summed E-state index contributed by atoms with van der Waals surface area (Å²) in [6.07, 6.45) is -3.43. The average Bonchev–Trinajstić information content (AvgIpc) is 3.19. The average molecular weight is 523 g/mol. The number of anilines is 4. The molecule has 0 atom stereocenters. The molecule has 0 unspecified atom stereocenters. The highest BCUT2D eigenvalue weighted by Gasteiger charge is 2.38. The summed E-state index contributed by atoms with van der Waals surface area (Å²) in [6.45, 7) is 5.82. The molecule has 0 saturated heterocycles. The number of hydrogen-bond acceptors (Lipinski definition) is 8. The number of alkyl halides is 3. The van der Waals surface area contributed by atoms with E-state index in [2.05, 4.69) is 25.6 Å². The van der Waals surface area contributed by atoms with Crippen molar-refractivity contribution >= 4 is 40.2 Å². The van der Waals surface area contributed by atoms with Crippen molar-refractivity contribution in [3.8, 4) is 5.75 Å². The van der Waals surface area contributed by atoms with Crippen LogP contribution in [0, 0.1) is 26.6 Å². The molecule has 0 bridgehead atoms. The minimum Gasteiger partial charge on any atom is -0.496 e. The van der Waals surface area contributed by atoms with E-state index in [0.717, 1.165) is 28.1 Å². The number of hydrogen-bond donors (Lipinski definition) is 4. The monoisotopic (exact) mass is 523 g/mol. The predicted molar refractivity (Wildman–Crippen MR) is 126 cm³/mol. The van der Waals surface area contributed by atoms with Gasteiger partial charge in [-0.2, -0.15) is 18.2 Å². The second kappa shape index (κ2) is 10.6. The van der Waals surface area contributed by atoms with Crippen molar-refractivity contribution in [2.45, 2.75) is 26.9 Å². The van der Waals surface area contributed by atoms with Gasteiger partial charge in [-0.3, -0.25) is 4.98 Å². The van der Waals surface area contributed by atoms with Crippen LogP contribution in [0.2, 0.25) is 0 Å². The molecule has 37 heavy (non-hydrogen) atoms. The van der Waals surface area contributed by atoms with Crippen molar-refractivity contribution in [2.75, 3.05) is 17.7 Å². The summed E-state index contributed by atoms with van der Waals surface area (Å²) < 4.78 is 56.2. The molecule has 4 N–H and O–H groups in total. The Bertz CT molecular complexity index is 1510. The number of rotatable bonds is 5. The zero-order valence-electron chi connectivity index (χ0n) is 19.9. The van der Waals surface area contributed by atoms with Crippen LogP contribution in [0.1, 0.15) is 16.7 Å². The van der Waals surface area contributed by atoms with Gasteiger partial charge >= 0.3 is 17.9 Å². The first-order valence-corrected chi connectivity index (χ1v) is 10.4. The number of halogens is 4. The fourth-order valence-corrected chi connectivity index (χ4v) is 3.10. The molecule has 14 heteroatoms. The van der Waals surface area contributed by atoms with Gasteiger partial charge in [0, 0.05) is 35.3 Å². The molecule has 196 valence electrons. The Balaban J connectivity index is 0.000000479. The third-order valence-corrected chi connectivity index (χ3v) is 5.05. The van der Waals surface area contributed by atoms with Crippen LogP contribution in [-0.2, 0) is 4.79 Å². The number of aliphatic carboxylic acids is 1. The maximum absolute atomic E-state index is 14.2. The van der Waals surface area contributed by atoms with Crippen LogP contribution in [0.3, 0.4) is 0 Å². The Morgan fingerprint density at radius 3 is 2.35 bits per heavy atom. The smallest absolute Gasteiger partial charge is 0.490 e. The van der Waals surface area contributed by atoms with Crippen LogP contribution in [0.5, 0.6) is 5.75 Å². The Hall–Kier alpha value is -4.62. The number of benzene rings is 2. The molecule has 0 fully saturated rings. The van der Waals surface area contributed by atoms with Crippen molar-refractivity contribution in [3.63, 3.8) is 0 Å². The summed E-state index contributed by atoms with van der Waals surface area (Å²) in [5.41, 5.74) is 4.24. The van der Waals surface area contributed by atoms with Gasteiger partial charge in [0.2, 0.25) is 5.95 Å². The van der Waals surface area contributed by atoms with Gasteiger partial charge in [-0.25, -0.2) is 19.0 Å². The SMILES string of the molecule is COc1cc(Nc2ncc(C)c(Nc3cc(F)c4oc(=O)[nH]c4c3)n2)cc(C)c1C.O=C(O)C(F)(F)F. The van der Waals surface area contributed by atoms with Gasteiger partial charge in [-0.15, -0.1) is 0 Å². The zero-order valence-corrected chi connectivity index (χ0v) is 19.9. The van der Waals surface area contributed by atoms with E-state index in [1.165, 1.54) is 6.07 Å². The molecule has 10 nitrogen and oxygen atoms in total. The van der Waals surface area contributed by atoms with E-state index < -0.39 is 23.7 Å². The van der Waals surface area contributed by atoms with Gasteiger partial charge in [0.25, 0.3) is 0 Å². The van der Waals surface area contributed by atoms with Crippen LogP contribution in [0.25, 0.3) is 11.1 Å². The normalized spacial score (nSPS) is 11.0. The van der Waals surface area contributed by atoms with Crippen LogP contribution in [0.15, 0.2) is 39.7 Å². The number of nitrogens with one attached hydrogen (secondary N) is 3. The number of carboxylic acid groups (broad SMARTS) is 1. The number of H-pyrrole nitrogens is 1. The predicted octanol–water partition coefficient (Wildman–Crippen LogP) is 5.10. The molecule has 2 aromatic carbocycles. The standard InChI is InChI=1S/C21H20FN5O3.C2HF3O2/c1-10-5-13(8-17(29-4)12(10)3)25-20-23-9-11(2)19(27-20)24-14-6-15(22)18-16(7-14)26-21(28)30-18;3-2(4,5)1(6)7/h5-9H,1-4H3,(H,26,28)(H2,23,24,25,27);(H,6,7). The van der Waals surface area contributed by atoms with Crippen molar-refractivity contribution < 1.29 is 36.6 Å². The van der Waals surface area contributed by atoms with Gasteiger partial charge in [0.05, 0.1) is 12.6 Å². The zero-order chi connectivity index (χ0) is 27.5. The second-order valence-electron chi connectivity index (χ2n) is 7.75. The third-order valence-electron chi connectivity index (χ3n) is 5.05. The van der Waals surface area contributed by atoms with Gasteiger partial charge in [-0.05, 0) is 44.0 Å². The largest absolute Gasteiger partial charge is 0.496 e. The summed E-state index contributed by atoms with van der Waals surface area (Å²) >= 11 is 0. The summed E-state index contributed by atoms with van der Waals surface area (Å²) in [5, 5.41) is 13.4. The van der Waals surface area contributed by atoms with Crippen molar-refractivity contribution in [1.82, 2.24) is 15.0 Å².